The molecular formula is C16H20N4O2. The van der Waals surface area contributed by atoms with E-state index in [0.717, 1.165) is 19.4 Å². The van der Waals surface area contributed by atoms with Crippen molar-refractivity contribution >= 4 is 5.91 Å². The molecule has 2 aromatic heterocycles. The first-order chi connectivity index (χ1) is 10.8. The molecule has 1 fully saturated rings. The highest BCUT2D eigenvalue weighted by atomic mass is 16.5. The average molecular weight is 300 g/mol. The molecule has 0 spiro atoms. The lowest BCUT2D eigenvalue weighted by Crippen LogP contribution is -2.40. The van der Waals surface area contributed by atoms with Crippen molar-refractivity contribution in [2.45, 2.75) is 25.8 Å². The Bertz CT molecular complexity index is 610. The van der Waals surface area contributed by atoms with Crippen LogP contribution in [0.3, 0.4) is 0 Å². The van der Waals surface area contributed by atoms with E-state index >= 15 is 0 Å². The van der Waals surface area contributed by atoms with Crippen LogP contribution in [0, 0.1) is 0 Å². The summed E-state index contributed by atoms with van der Waals surface area (Å²) in [6.07, 6.45) is 9.21. The molecule has 2 aromatic rings. The van der Waals surface area contributed by atoms with Crippen LogP contribution >= 0.6 is 0 Å². The number of ether oxygens (including phenoxy) is 1. The standard InChI is InChI=1S/C16H20N4O2/c1-2-22-15-6-5-13(10-18-15)16(21)19-8-3-4-14(11-19)20-9-7-17-12-20/h5-7,9-10,12,14H,2-4,8,11H2,1H3/t14-/m0/s1. The summed E-state index contributed by atoms with van der Waals surface area (Å²) >= 11 is 0. The van der Waals surface area contributed by atoms with Gasteiger partial charge >= 0.3 is 0 Å². The van der Waals surface area contributed by atoms with Gasteiger partial charge in [0.05, 0.1) is 24.5 Å². The molecule has 0 aliphatic carbocycles. The van der Waals surface area contributed by atoms with Gasteiger partial charge in [-0.05, 0) is 25.8 Å². The molecule has 0 unspecified atom stereocenters. The molecule has 1 amide bonds. The highest BCUT2D eigenvalue weighted by molar-refractivity contribution is 5.94. The molecule has 0 N–H and O–H groups in total. The van der Waals surface area contributed by atoms with Crippen LogP contribution in [-0.2, 0) is 0 Å². The fraction of sp³-hybridized carbons (Fsp3) is 0.438. The van der Waals surface area contributed by atoms with Gasteiger partial charge in [0.25, 0.3) is 5.91 Å². The maximum absolute atomic E-state index is 12.6. The van der Waals surface area contributed by atoms with E-state index in [-0.39, 0.29) is 5.91 Å². The molecule has 1 saturated heterocycles. The topological polar surface area (TPSA) is 60.2 Å². The maximum atomic E-state index is 12.6. The first-order valence-electron chi connectivity index (χ1n) is 7.63. The van der Waals surface area contributed by atoms with E-state index in [1.54, 1.807) is 24.5 Å². The van der Waals surface area contributed by atoms with E-state index in [0.29, 0.717) is 30.6 Å². The van der Waals surface area contributed by atoms with Crippen molar-refractivity contribution in [3.63, 3.8) is 0 Å². The fourth-order valence-electron chi connectivity index (χ4n) is 2.79. The number of nitrogens with zero attached hydrogens (tertiary/aromatic N) is 4. The van der Waals surface area contributed by atoms with E-state index in [1.807, 2.05) is 24.3 Å². The maximum Gasteiger partial charge on any atom is 0.255 e. The molecule has 1 aliphatic heterocycles. The lowest BCUT2D eigenvalue weighted by molar-refractivity contribution is 0.0679. The molecule has 22 heavy (non-hydrogen) atoms. The largest absolute Gasteiger partial charge is 0.478 e. The minimum Gasteiger partial charge on any atom is -0.478 e. The molecule has 0 bridgehead atoms. The lowest BCUT2D eigenvalue weighted by Gasteiger charge is -2.33. The normalized spacial score (nSPS) is 18.2. The highest BCUT2D eigenvalue weighted by Crippen LogP contribution is 2.22. The Balaban J connectivity index is 1.68. The number of imidazole rings is 1. The minimum absolute atomic E-state index is 0.0281. The minimum atomic E-state index is 0.0281. The summed E-state index contributed by atoms with van der Waals surface area (Å²) in [4.78, 5) is 22.8. The summed E-state index contributed by atoms with van der Waals surface area (Å²) in [6, 6.07) is 3.82. The third-order valence-corrected chi connectivity index (χ3v) is 3.91. The van der Waals surface area contributed by atoms with Gasteiger partial charge in [0.15, 0.2) is 0 Å². The SMILES string of the molecule is CCOc1ccc(C(=O)N2CCC[C@H](n3ccnc3)C2)cn1. The highest BCUT2D eigenvalue weighted by Gasteiger charge is 2.25. The van der Waals surface area contributed by atoms with E-state index < -0.39 is 0 Å². The van der Waals surface area contributed by atoms with Crippen LogP contribution in [0.4, 0.5) is 0 Å². The van der Waals surface area contributed by atoms with Gasteiger partial charge in [-0.2, -0.15) is 0 Å². The summed E-state index contributed by atoms with van der Waals surface area (Å²) in [5, 5.41) is 0. The molecule has 6 nitrogen and oxygen atoms in total. The van der Waals surface area contributed by atoms with Crippen LogP contribution in [0.5, 0.6) is 5.88 Å². The lowest BCUT2D eigenvalue weighted by atomic mass is 10.0. The summed E-state index contributed by atoms with van der Waals surface area (Å²) in [7, 11) is 0. The van der Waals surface area contributed by atoms with Gasteiger partial charge in [0, 0.05) is 37.7 Å². The zero-order chi connectivity index (χ0) is 15.4. The molecule has 0 saturated carbocycles. The first-order valence-corrected chi connectivity index (χ1v) is 7.63. The number of amides is 1. The second-order valence-electron chi connectivity index (χ2n) is 5.38. The van der Waals surface area contributed by atoms with Crippen LogP contribution in [0.25, 0.3) is 0 Å². The van der Waals surface area contributed by atoms with Crippen molar-refractivity contribution in [1.29, 1.82) is 0 Å². The van der Waals surface area contributed by atoms with Gasteiger partial charge in [0.2, 0.25) is 5.88 Å². The summed E-state index contributed by atoms with van der Waals surface area (Å²) in [6.45, 7) is 3.98. The van der Waals surface area contributed by atoms with Gasteiger partial charge in [-0.25, -0.2) is 9.97 Å². The Hall–Kier alpha value is -2.37. The van der Waals surface area contributed by atoms with Crippen LogP contribution in [0.15, 0.2) is 37.1 Å². The third-order valence-electron chi connectivity index (χ3n) is 3.91. The number of carbonyl (C=O) groups is 1. The second kappa shape index (κ2) is 6.60. The van der Waals surface area contributed by atoms with Crippen molar-refractivity contribution in [1.82, 2.24) is 19.4 Å². The van der Waals surface area contributed by atoms with Crippen molar-refractivity contribution in [2.24, 2.45) is 0 Å². The van der Waals surface area contributed by atoms with Crippen LogP contribution < -0.4 is 4.74 Å². The molecule has 3 heterocycles. The van der Waals surface area contributed by atoms with Gasteiger partial charge in [-0.15, -0.1) is 0 Å². The zero-order valence-electron chi connectivity index (χ0n) is 12.7. The number of pyridine rings is 1. The molecule has 6 heteroatoms. The van der Waals surface area contributed by atoms with E-state index in [1.165, 1.54) is 0 Å². The number of carbonyl (C=O) groups excluding carboxylic acids is 1. The smallest absolute Gasteiger partial charge is 0.255 e. The average Bonchev–Trinajstić information content (AvgIpc) is 3.10. The van der Waals surface area contributed by atoms with Gasteiger partial charge in [-0.1, -0.05) is 0 Å². The second-order valence-corrected chi connectivity index (χ2v) is 5.38. The van der Waals surface area contributed by atoms with Crippen molar-refractivity contribution in [2.75, 3.05) is 19.7 Å². The first kappa shape index (κ1) is 14.6. The van der Waals surface area contributed by atoms with Crippen molar-refractivity contribution in [3.8, 4) is 5.88 Å². The Morgan fingerprint density at radius 3 is 3.05 bits per heavy atom. The third kappa shape index (κ3) is 3.10. The van der Waals surface area contributed by atoms with Crippen molar-refractivity contribution in [3.05, 3.63) is 42.6 Å². The molecule has 3 rings (SSSR count). The van der Waals surface area contributed by atoms with Crippen LogP contribution in [-0.4, -0.2) is 45.0 Å². The number of hydrogen-bond acceptors (Lipinski definition) is 4. The summed E-state index contributed by atoms with van der Waals surface area (Å²) < 4.78 is 7.39. The number of rotatable bonds is 4. The zero-order valence-corrected chi connectivity index (χ0v) is 12.7. The Labute approximate surface area is 129 Å². The monoisotopic (exact) mass is 300 g/mol. The van der Waals surface area contributed by atoms with Crippen molar-refractivity contribution < 1.29 is 9.53 Å². The molecule has 0 radical (unpaired) electrons. The molecule has 1 aliphatic rings. The molecule has 1 atom stereocenters. The molecule has 116 valence electrons. The van der Waals surface area contributed by atoms with E-state index in [9.17, 15) is 4.79 Å². The van der Waals surface area contributed by atoms with Crippen LogP contribution in [0.2, 0.25) is 0 Å². The Morgan fingerprint density at radius 2 is 2.36 bits per heavy atom. The number of aromatic nitrogens is 3. The number of piperidine rings is 1. The molecular weight excluding hydrogens is 280 g/mol. The van der Waals surface area contributed by atoms with Crippen LogP contribution in [0.1, 0.15) is 36.2 Å². The number of likely N-dealkylation sites (tertiary alicyclic amines) is 1. The Morgan fingerprint density at radius 1 is 1.45 bits per heavy atom. The van der Waals surface area contributed by atoms with Gasteiger partial charge in [0.1, 0.15) is 0 Å². The van der Waals surface area contributed by atoms with Gasteiger partial charge < -0.3 is 14.2 Å². The quantitative estimate of drug-likeness (QED) is 0.868. The molecule has 0 aromatic carbocycles. The van der Waals surface area contributed by atoms with E-state index in [4.69, 9.17) is 4.74 Å². The predicted molar refractivity (Wildman–Crippen MR) is 81.8 cm³/mol. The van der Waals surface area contributed by atoms with Gasteiger partial charge in [-0.3, -0.25) is 4.79 Å². The predicted octanol–water partition coefficient (Wildman–Crippen LogP) is 2.15. The summed E-state index contributed by atoms with van der Waals surface area (Å²) in [5.41, 5.74) is 0.606. The summed E-state index contributed by atoms with van der Waals surface area (Å²) in [5.74, 6) is 0.578. The van der Waals surface area contributed by atoms with E-state index in [2.05, 4.69) is 14.5 Å². The fourth-order valence-corrected chi connectivity index (χ4v) is 2.79. The Kier molecular flexibility index (Phi) is 4.37. The number of hydrogen-bond donors (Lipinski definition) is 0.